The van der Waals surface area contributed by atoms with E-state index in [1.54, 1.807) is 6.07 Å². The molecule has 16 heavy (non-hydrogen) atoms. The lowest BCUT2D eigenvalue weighted by Gasteiger charge is -2.23. The summed E-state index contributed by atoms with van der Waals surface area (Å²) < 4.78 is 13.2. The second kappa shape index (κ2) is 5.02. The van der Waals surface area contributed by atoms with Crippen LogP contribution < -0.4 is 5.32 Å². The van der Waals surface area contributed by atoms with Crippen molar-refractivity contribution < 1.29 is 9.50 Å². The van der Waals surface area contributed by atoms with Crippen LogP contribution in [0.2, 0.25) is 5.02 Å². The summed E-state index contributed by atoms with van der Waals surface area (Å²) >= 11 is 5.77. The summed E-state index contributed by atoms with van der Waals surface area (Å²) in [5.74, 6) is -0.907. The molecule has 1 atom stereocenters. The molecule has 0 saturated carbocycles. The van der Waals surface area contributed by atoms with Crippen molar-refractivity contribution in [3.05, 3.63) is 28.5 Å². The van der Waals surface area contributed by atoms with Crippen molar-refractivity contribution in [1.82, 2.24) is 5.32 Å². The maximum Gasteiger partial charge on any atom is 0.166 e. The molecule has 1 aliphatic heterocycles. The predicted octanol–water partition coefficient (Wildman–Crippen LogP) is 2.87. The van der Waals surface area contributed by atoms with Crippen molar-refractivity contribution in [3.63, 3.8) is 0 Å². The quantitative estimate of drug-likeness (QED) is 0.837. The van der Waals surface area contributed by atoms with Gasteiger partial charge in [-0.05, 0) is 43.5 Å². The molecule has 2 nitrogen and oxygen atoms in total. The number of nitrogens with one attached hydrogen (secondary N) is 1. The van der Waals surface area contributed by atoms with Gasteiger partial charge in [-0.2, -0.15) is 0 Å². The minimum Gasteiger partial charge on any atom is -0.505 e. The van der Waals surface area contributed by atoms with E-state index in [1.165, 1.54) is 12.8 Å². The van der Waals surface area contributed by atoms with Crippen molar-refractivity contribution in [2.24, 2.45) is 0 Å². The zero-order valence-electron chi connectivity index (χ0n) is 8.97. The van der Waals surface area contributed by atoms with Crippen LogP contribution in [-0.4, -0.2) is 17.7 Å². The van der Waals surface area contributed by atoms with Gasteiger partial charge in [0.15, 0.2) is 11.6 Å². The van der Waals surface area contributed by atoms with E-state index in [0.29, 0.717) is 23.0 Å². The number of piperidine rings is 1. The zero-order chi connectivity index (χ0) is 11.5. The van der Waals surface area contributed by atoms with E-state index >= 15 is 0 Å². The van der Waals surface area contributed by atoms with Crippen LogP contribution in [0.25, 0.3) is 0 Å². The zero-order valence-corrected chi connectivity index (χ0v) is 9.73. The molecule has 1 unspecified atom stereocenters. The summed E-state index contributed by atoms with van der Waals surface area (Å²) in [6, 6.07) is 3.09. The first-order valence-corrected chi connectivity index (χ1v) is 5.95. The highest BCUT2D eigenvalue weighted by atomic mass is 35.5. The Labute approximate surface area is 99.4 Å². The maximum atomic E-state index is 13.2. The normalized spacial score (nSPS) is 21.0. The Kier molecular flexibility index (Phi) is 3.66. The maximum absolute atomic E-state index is 13.2. The number of phenolic OH excluding ortho intramolecular Hbond substituents is 1. The van der Waals surface area contributed by atoms with Crippen molar-refractivity contribution in [3.8, 4) is 5.75 Å². The molecule has 2 N–H and O–H groups in total. The summed E-state index contributed by atoms with van der Waals surface area (Å²) in [5, 5.41) is 13.3. The molecule has 0 aromatic heterocycles. The molecule has 0 aliphatic carbocycles. The Morgan fingerprint density at radius 3 is 2.94 bits per heavy atom. The van der Waals surface area contributed by atoms with Gasteiger partial charge in [-0.15, -0.1) is 0 Å². The van der Waals surface area contributed by atoms with Crippen LogP contribution in [0.5, 0.6) is 5.75 Å². The molecule has 1 saturated heterocycles. The van der Waals surface area contributed by atoms with Gasteiger partial charge >= 0.3 is 0 Å². The third-order valence-corrected chi connectivity index (χ3v) is 3.20. The molecule has 1 aliphatic rings. The van der Waals surface area contributed by atoms with Crippen molar-refractivity contribution >= 4 is 11.6 Å². The van der Waals surface area contributed by atoms with Gasteiger partial charge in [-0.3, -0.25) is 0 Å². The molecule has 1 aromatic rings. The number of rotatable bonds is 2. The molecular formula is C12H15ClFNO. The van der Waals surface area contributed by atoms with E-state index in [9.17, 15) is 9.50 Å². The molecule has 0 bridgehead atoms. The van der Waals surface area contributed by atoms with E-state index in [4.69, 9.17) is 11.6 Å². The summed E-state index contributed by atoms with van der Waals surface area (Å²) in [6.45, 7) is 0.995. The number of benzene rings is 1. The molecule has 1 aromatic carbocycles. The number of aromatic hydroxyl groups is 1. The van der Waals surface area contributed by atoms with Crippen LogP contribution in [0, 0.1) is 5.82 Å². The smallest absolute Gasteiger partial charge is 0.166 e. The number of phenols is 1. The first-order valence-electron chi connectivity index (χ1n) is 5.57. The van der Waals surface area contributed by atoms with Gasteiger partial charge < -0.3 is 10.4 Å². The number of halogens is 2. The largest absolute Gasteiger partial charge is 0.505 e. The lowest BCUT2D eigenvalue weighted by Crippen LogP contribution is -2.35. The molecule has 1 fully saturated rings. The van der Waals surface area contributed by atoms with Crippen molar-refractivity contribution in [2.45, 2.75) is 31.7 Å². The van der Waals surface area contributed by atoms with Gasteiger partial charge in [0.1, 0.15) is 0 Å². The van der Waals surface area contributed by atoms with Crippen molar-refractivity contribution in [2.75, 3.05) is 6.54 Å². The highest BCUT2D eigenvalue weighted by Crippen LogP contribution is 2.27. The van der Waals surface area contributed by atoms with Crippen LogP contribution >= 0.6 is 11.6 Å². The summed E-state index contributed by atoms with van der Waals surface area (Å²) in [6.07, 6.45) is 4.06. The average molecular weight is 244 g/mol. The van der Waals surface area contributed by atoms with E-state index < -0.39 is 5.82 Å². The predicted molar refractivity (Wildman–Crippen MR) is 62.4 cm³/mol. The molecule has 0 amide bonds. The standard InChI is InChI=1S/C12H15ClFNO/c13-9-5-8(12(16)11(14)7-9)6-10-3-1-2-4-15-10/h5,7,10,15-16H,1-4,6H2. The minimum absolute atomic E-state index is 0.267. The highest BCUT2D eigenvalue weighted by molar-refractivity contribution is 6.30. The first-order chi connectivity index (χ1) is 7.66. The first kappa shape index (κ1) is 11.7. The summed E-state index contributed by atoms with van der Waals surface area (Å²) in [7, 11) is 0. The number of hydrogen-bond donors (Lipinski definition) is 2. The van der Waals surface area contributed by atoms with Crippen LogP contribution in [-0.2, 0) is 6.42 Å². The number of hydrogen-bond acceptors (Lipinski definition) is 2. The molecule has 4 heteroatoms. The minimum atomic E-state index is -0.640. The van der Waals surface area contributed by atoms with E-state index in [2.05, 4.69) is 5.32 Å². The van der Waals surface area contributed by atoms with E-state index in [1.807, 2.05) is 0 Å². The van der Waals surface area contributed by atoms with Gasteiger partial charge in [0.05, 0.1) is 0 Å². The molecule has 0 spiro atoms. The van der Waals surface area contributed by atoms with Gasteiger partial charge in [0.25, 0.3) is 0 Å². The Balaban J connectivity index is 2.13. The van der Waals surface area contributed by atoms with Gasteiger partial charge in [-0.1, -0.05) is 18.0 Å². The fraction of sp³-hybridized carbons (Fsp3) is 0.500. The lowest BCUT2D eigenvalue weighted by molar-refractivity contribution is 0.385. The monoisotopic (exact) mass is 243 g/mol. The second-order valence-corrected chi connectivity index (χ2v) is 4.68. The van der Waals surface area contributed by atoms with E-state index in [0.717, 1.165) is 19.0 Å². The SMILES string of the molecule is Oc1c(F)cc(Cl)cc1CC1CCCCN1. The Morgan fingerprint density at radius 1 is 1.44 bits per heavy atom. The van der Waals surface area contributed by atoms with Crippen molar-refractivity contribution in [1.29, 1.82) is 0 Å². The Bertz CT molecular complexity index is 378. The fourth-order valence-electron chi connectivity index (χ4n) is 2.14. The van der Waals surface area contributed by atoms with Crippen LogP contribution in [0.3, 0.4) is 0 Å². The van der Waals surface area contributed by atoms with Crippen LogP contribution in [0.4, 0.5) is 4.39 Å². The molecule has 0 radical (unpaired) electrons. The molecule has 1 heterocycles. The van der Waals surface area contributed by atoms with E-state index in [-0.39, 0.29) is 5.75 Å². The Hall–Kier alpha value is -0.800. The highest BCUT2D eigenvalue weighted by Gasteiger charge is 2.17. The van der Waals surface area contributed by atoms with Gasteiger partial charge in [-0.25, -0.2) is 4.39 Å². The Morgan fingerprint density at radius 2 is 2.25 bits per heavy atom. The molecule has 88 valence electrons. The summed E-state index contributed by atoms with van der Waals surface area (Å²) in [5.41, 5.74) is 0.587. The van der Waals surface area contributed by atoms with Gasteiger partial charge in [0, 0.05) is 11.1 Å². The third-order valence-electron chi connectivity index (χ3n) is 2.99. The fourth-order valence-corrected chi connectivity index (χ4v) is 2.37. The third kappa shape index (κ3) is 2.66. The van der Waals surface area contributed by atoms with Crippen LogP contribution in [0.15, 0.2) is 12.1 Å². The average Bonchev–Trinajstić information content (AvgIpc) is 2.27. The summed E-state index contributed by atoms with van der Waals surface area (Å²) in [4.78, 5) is 0. The molecular weight excluding hydrogens is 229 g/mol. The van der Waals surface area contributed by atoms with Gasteiger partial charge in [0.2, 0.25) is 0 Å². The molecule has 2 rings (SSSR count). The topological polar surface area (TPSA) is 32.3 Å². The lowest BCUT2D eigenvalue weighted by atomic mass is 9.97. The second-order valence-electron chi connectivity index (χ2n) is 4.25. The van der Waals surface area contributed by atoms with Crippen LogP contribution in [0.1, 0.15) is 24.8 Å².